The topological polar surface area (TPSA) is 80.9 Å². The van der Waals surface area contributed by atoms with Crippen LogP contribution in [0.3, 0.4) is 0 Å². The Morgan fingerprint density at radius 3 is 2.31 bits per heavy atom. The van der Waals surface area contributed by atoms with E-state index in [1.54, 1.807) is 31.0 Å². The maximum absolute atomic E-state index is 12.6. The van der Waals surface area contributed by atoms with Crippen molar-refractivity contribution in [3.05, 3.63) is 58.0 Å². The summed E-state index contributed by atoms with van der Waals surface area (Å²) in [5.74, 6) is 1.12. The first kappa shape index (κ1) is 20.9. The van der Waals surface area contributed by atoms with Gasteiger partial charge < -0.3 is 24.3 Å². The molecule has 29 heavy (non-hydrogen) atoms. The molecule has 0 bridgehead atoms. The average molecular weight is 397 g/mol. The van der Waals surface area contributed by atoms with Gasteiger partial charge in [0.15, 0.2) is 11.5 Å². The summed E-state index contributed by atoms with van der Waals surface area (Å²) < 4.78 is 12.5. The van der Waals surface area contributed by atoms with Crippen molar-refractivity contribution in [3.8, 4) is 22.6 Å². The van der Waals surface area contributed by atoms with Gasteiger partial charge in [-0.15, -0.1) is 0 Å². The molecule has 6 heteroatoms. The smallest absolute Gasteiger partial charge is 0.251 e. The largest absolute Gasteiger partial charge is 0.493 e. The maximum atomic E-state index is 12.6. The lowest BCUT2D eigenvalue weighted by Gasteiger charge is -2.18. The molecule has 0 atom stereocenters. The highest BCUT2D eigenvalue weighted by molar-refractivity contribution is 6.00. The number of pyridine rings is 1. The van der Waals surface area contributed by atoms with E-state index < -0.39 is 0 Å². The Morgan fingerprint density at radius 1 is 1.00 bits per heavy atom. The standard InChI is InChI=1S/C23H27NO5/c1-4-5-7-24-8-6-15(11-22(24)27)23-18-12-21(29-3)20(28-2)10-16(18)9-17(13-25)19(23)14-26/h6,8-12,25-26H,4-5,7,13-14H2,1-3H3. The number of benzene rings is 2. The van der Waals surface area contributed by atoms with Crippen LogP contribution in [0.4, 0.5) is 0 Å². The van der Waals surface area contributed by atoms with E-state index in [-0.39, 0.29) is 18.8 Å². The lowest BCUT2D eigenvalue weighted by atomic mass is 9.90. The van der Waals surface area contributed by atoms with Crippen molar-refractivity contribution in [1.82, 2.24) is 4.57 Å². The van der Waals surface area contributed by atoms with Crippen LogP contribution >= 0.6 is 0 Å². The molecule has 0 amide bonds. The van der Waals surface area contributed by atoms with E-state index >= 15 is 0 Å². The molecular weight excluding hydrogens is 370 g/mol. The first-order valence-electron chi connectivity index (χ1n) is 9.70. The second-order valence-electron chi connectivity index (χ2n) is 6.93. The summed E-state index contributed by atoms with van der Waals surface area (Å²) in [6.45, 7) is 2.28. The Bertz CT molecular complexity index is 1070. The molecule has 6 nitrogen and oxygen atoms in total. The molecule has 0 aliphatic carbocycles. The lowest BCUT2D eigenvalue weighted by Crippen LogP contribution is -2.18. The number of aliphatic hydroxyl groups is 2. The van der Waals surface area contributed by atoms with E-state index in [4.69, 9.17) is 9.47 Å². The van der Waals surface area contributed by atoms with Gasteiger partial charge in [0.1, 0.15) is 0 Å². The van der Waals surface area contributed by atoms with Crippen LogP contribution in [-0.4, -0.2) is 29.0 Å². The molecule has 1 heterocycles. The van der Waals surface area contributed by atoms with Crippen LogP contribution in [0.25, 0.3) is 21.9 Å². The van der Waals surface area contributed by atoms with Crippen LogP contribution in [0.15, 0.2) is 41.3 Å². The van der Waals surface area contributed by atoms with Crippen molar-refractivity contribution >= 4 is 10.8 Å². The summed E-state index contributed by atoms with van der Waals surface area (Å²) in [7, 11) is 3.13. The molecule has 0 fully saturated rings. The van der Waals surface area contributed by atoms with Crippen LogP contribution in [0.1, 0.15) is 30.9 Å². The number of ether oxygens (including phenoxy) is 2. The minimum Gasteiger partial charge on any atom is -0.493 e. The number of hydrogen-bond donors (Lipinski definition) is 2. The van der Waals surface area contributed by atoms with Gasteiger partial charge in [0.25, 0.3) is 5.56 Å². The van der Waals surface area contributed by atoms with E-state index in [1.165, 1.54) is 0 Å². The van der Waals surface area contributed by atoms with E-state index in [2.05, 4.69) is 6.92 Å². The highest BCUT2D eigenvalue weighted by Crippen LogP contribution is 2.40. The van der Waals surface area contributed by atoms with Crippen molar-refractivity contribution in [3.63, 3.8) is 0 Å². The summed E-state index contributed by atoms with van der Waals surface area (Å²) in [4.78, 5) is 12.6. The van der Waals surface area contributed by atoms with E-state index in [0.29, 0.717) is 34.7 Å². The molecule has 154 valence electrons. The molecule has 0 radical (unpaired) electrons. The summed E-state index contributed by atoms with van der Waals surface area (Å²) in [5.41, 5.74) is 2.52. The molecule has 0 saturated carbocycles. The zero-order valence-electron chi connectivity index (χ0n) is 17.1. The van der Waals surface area contributed by atoms with Crippen LogP contribution in [0.5, 0.6) is 11.5 Å². The normalized spacial score (nSPS) is 11.1. The minimum atomic E-state index is -0.256. The number of unbranched alkanes of at least 4 members (excludes halogenated alkanes) is 1. The predicted octanol–water partition coefficient (Wildman–Crippen LogP) is 3.47. The number of aryl methyl sites for hydroxylation is 1. The van der Waals surface area contributed by atoms with Crippen LogP contribution in [0, 0.1) is 0 Å². The highest BCUT2D eigenvalue weighted by Gasteiger charge is 2.18. The van der Waals surface area contributed by atoms with Gasteiger partial charge in [0.2, 0.25) is 0 Å². The van der Waals surface area contributed by atoms with E-state index in [9.17, 15) is 15.0 Å². The molecule has 3 aromatic rings. The molecule has 2 N–H and O–H groups in total. The molecule has 0 saturated heterocycles. The second-order valence-corrected chi connectivity index (χ2v) is 6.93. The molecule has 0 aliphatic heterocycles. The number of nitrogens with zero attached hydrogens (tertiary/aromatic N) is 1. The van der Waals surface area contributed by atoms with Gasteiger partial charge in [-0.05, 0) is 63.7 Å². The van der Waals surface area contributed by atoms with E-state index in [1.807, 2.05) is 24.3 Å². The number of hydrogen-bond acceptors (Lipinski definition) is 5. The van der Waals surface area contributed by atoms with Gasteiger partial charge in [-0.25, -0.2) is 0 Å². The number of methoxy groups -OCH3 is 2. The van der Waals surface area contributed by atoms with Crippen molar-refractivity contribution in [1.29, 1.82) is 0 Å². The first-order valence-corrected chi connectivity index (χ1v) is 9.70. The highest BCUT2D eigenvalue weighted by atomic mass is 16.5. The molecule has 0 aliphatic rings. The summed E-state index contributed by atoms with van der Waals surface area (Å²) >= 11 is 0. The second kappa shape index (κ2) is 9.11. The Morgan fingerprint density at radius 2 is 1.72 bits per heavy atom. The summed E-state index contributed by atoms with van der Waals surface area (Å²) in [6, 6.07) is 8.96. The van der Waals surface area contributed by atoms with Gasteiger partial charge in [0.05, 0.1) is 27.4 Å². The van der Waals surface area contributed by atoms with Gasteiger partial charge in [0, 0.05) is 18.8 Å². The SMILES string of the molecule is CCCCn1ccc(-c2c(CO)c(CO)cc3cc(OC)c(OC)cc23)cc1=O. The Labute approximate surface area is 169 Å². The number of rotatable bonds is 8. The fourth-order valence-electron chi connectivity index (χ4n) is 3.66. The van der Waals surface area contributed by atoms with Crippen molar-refractivity contribution in [2.24, 2.45) is 0 Å². The fraction of sp³-hybridized carbons (Fsp3) is 0.348. The molecule has 2 aromatic carbocycles. The van der Waals surface area contributed by atoms with Crippen molar-refractivity contribution < 1.29 is 19.7 Å². The molecule has 0 unspecified atom stereocenters. The maximum Gasteiger partial charge on any atom is 0.251 e. The minimum absolute atomic E-state index is 0.0946. The Hall–Kier alpha value is -2.83. The molecule has 0 spiro atoms. The zero-order chi connectivity index (χ0) is 21.0. The fourth-order valence-corrected chi connectivity index (χ4v) is 3.66. The monoisotopic (exact) mass is 397 g/mol. The van der Waals surface area contributed by atoms with Gasteiger partial charge in [-0.3, -0.25) is 4.79 Å². The van der Waals surface area contributed by atoms with Crippen molar-refractivity contribution in [2.75, 3.05) is 14.2 Å². The van der Waals surface area contributed by atoms with Gasteiger partial charge >= 0.3 is 0 Å². The molecular formula is C23H27NO5. The first-order chi connectivity index (χ1) is 14.1. The van der Waals surface area contributed by atoms with Gasteiger partial charge in [-0.2, -0.15) is 0 Å². The quantitative estimate of drug-likeness (QED) is 0.608. The molecule has 3 rings (SSSR count). The zero-order valence-corrected chi connectivity index (χ0v) is 17.1. The third-order valence-corrected chi connectivity index (χ3v) is 5.21. The number of aromatic nitrogens is 1. The van der Waals surface area contributed by atoms with Crippen LogP contribution in [-0.2, 0) is 19.8 Å². The third-order valence-electron chi connectivity index (χ3n) is 5.21. The molecule has 1 aromatic heterocycles. The summed E-state index contributed by atoms with van der Waals surface area (Å²) in [5, 5.41) is 21.6. The number of fused-ring (bicyclic) bond motifs is 1. The Kier molecular flexibility index (Phi) is 6.56. The van der Waals surface area contributed by atoms with Crippen LogP contribution < -0.4 is 15.0 Å². The number of aliphatic hydroxyl groups excluding tert-OH is 2. The summed E-state index contributed by atoms with van der Waals surface area (Å²) in [6.07, 6.45) is 3.72. The van der Waals surface area contributed by atoms with Crippen LogP contribution in [0.2, 0.25) is 0 Å². The third kappa shape index (κ3) is 3.99. The van der Waals surface area contributed by atoms with E-state index in [0.717, 1.165) is 29.2 Å². The predicted molar refractivity (Wildman–Crippen MR) is 114 cm³/mol. The Balaban J connectivity index is 2.32. The average Bonchev–Trinajstić information content (AvgIpc) is 2.75. The van der Waals surface area contributed by atoms with Gasteiger partial charge in [-0.1, -0.05) is 13.3 Å². The van der Waals surface area contributed by atoms with Crippen molar-refractivity contribution in [2.45, 2.75) is 39.5 Å². The lowest BCUT2D eigenvalue weighted by molar-refractivity contribution is 0.260.